The first-order chi connectivity index (χ1) is 8.19. The van der Waals surface area contributed by atoms with Crippen LogP contribution in [0.4, 0.5) is 5.69 Å². The Morgan fingerprint density at radius 3 is 2.47 bits per heavy atom. The molecule has 1 fully saturated rings. The molecule has 1 nitrogen and oxygen atoms in total. The van der Waals surface area contributed by atoms with Gasteiger partial charge in [0.1, 0.15) is 0 Å². The van der Waals surface area contributed by atoms with E-state index in [-0.39, 0.29) is 0 Å². The van der Waals surface area contributed by atoms with Gasteiger partial charge < -0.3 is 5.32 Å². The van der Waals surface area contributed by atoms with Crippen molar-refractivity contribution < 1.29 is 0 Å². The van der Waals surface area contributed by atoms with Crippen molar-refractivity contribution in [2.24, 2.45) is 11.8 Å². The van der Waals surface area contributed by atoms with Crippen LogP contribution in [0.1, 0.15) is 45.6 Å². The molecule has 1 saturated carbocycles. The second kappa shape index (κ2) is 5.57. The molecule has 1 aromatic rings. The molecule has 17 heavy (non-hydrogen) atoms. The Balaban J connectivity index is 1.98. The van der Waals surface area contributed by atoms with Crippen LogP contribution in [0.3, 0.4) is 0 Å². The summed E-state index contributed by atoms with van der Waals surface area (Å²) in [5.41, 5.74) is 2.70. The lowest BCUT2D eigenvalue weighted by atomic mass is 9.80. The highest BCUT2D eigenvalue weighted by Gasteiger charge is 2.25. The molecule has 0 heterocycles. The lowest BCUT2D eigenvalue weighted by Crippen LogP contribution is -2.33. The fourth-order valence-corrected chi connectivity index (χ4v) is 2.78. The molecular formula is C16H25N. The Kier molecular flexibility index (Phi) is 4.09. The molecule has 0 amide bonds. The summed E-state index contributed by atoms with van der Waals surface area (Å²) in [4.78, 5) is 0. The maximum absolute atomic E-state index is 3.71. The first-order valence-corrected chi connectivity index (χ1v) is 7.04. The standard InChI is InChI=1S/C16H25N/c1-4-14-7-9-15(10-8-14)17-16-11-12(2)5-6-13(16)3/h7-10,12-13,16-17H,4-6,11H2,1-3H3. The molecule has 3 atom stereocenters. The van der Waals surface area contributed by atoms with Crippen molar-refractivity contribution in [3.8, 4) is 0 Å². The van der Waals surface area contributed by atoms with Crippen LogP contribution >= 0.6 is 0 Å². The number of benzene rings is 1. The largest absolute Gasteiger partial charge is 0.382 e. The molecule has 1 aromatic carbocycles. The minimum absolute atomic E-state index is 0.659. The van der Waals surface area contributed by atoms with Gasteiger partial charge in [0.25, 0.3) is 0 Å². The van der Waals surface area contributed by atoms with Crippen molar-refractivity contribution in [1.82, 2.24) is 0 Å². The van der Waals surface area contributed by atoms with Gasteiger partial charge in [0.05, 0.1) is 0 Å². The van der Waals surface area contributed by atoms with E-state index < -0.39 is 0 Å². The highest BCUT2D eigenvalue weighted by atomic mass is 14.9. The van der Waals surface area contributed by atoms with Crippen molar-refractivity contribution in [3.05, 3.63) is 29.8 Å². The summed E-state index contributed by atoms with van der Waals surface area (Å²) in [6.45, 7) is 6.96. The van der Waals surface area contributed by atoms with Gasteiger partial charge in [0, 0.05) is 11.7 Å². The highest BCUT2D eigenvalue weighted by molar-refractivity contribution is 5.45. The van der Waals surface area contributed by atoms with E-state index >= 15 is 0 Å². The van der Waals surface area contributed by atoms with Crippen LogP contribution in [0.5, 0.6) is 0 Å². The Morgan fingerprint density at radius 1 is 1.12 bits per heavy atom. The van der Waals surface area contributed by atoms with E-state index in [1.54, 1.807) is 0 Å². The summed E-state index contributed by atoms with van der Waals surface area (Å²) in [7, 11) is 0. The molecule has 1 N–H and O–H groups in total. The fourth-order valence-electron chi connectivity index (χ4n) is 2.78. The third-order valence-electron chi connectivity index (χ3n) is 4.17. The van der Waals surface area contributed by atoms with Crippen molar-refractivity contribution in [3.63, 3.8) is 0 Å². The van der Waals surface area contributed by atoms with Crippen LogP contribution in [-0.2, 0) is 6.42 Å². The lowest BCUT2D eigenvalue weighted by molar-refractivity contribution is 0.281. The Morgan fingerprint density at radius 2 is 1.82 bits per heavy atom. The smallest absolute Gasteiger partial charge is 0.0342 e. The lowest BCUT2D eigenvalue weighted by Gasteiger charge is -2.34. The molecule has 0 saturated heterocycles. The molecular weight excluding hydrogens is 206 g/mol. The fraction of sp³-hybridized carbons (Fsp3) is 0.625. The van der Waals surface area contributed by atoms with Gasteiger partial charge in [-0.1, -0.05) is 39.3 Å². The van der Waals surface area contributed by atoms with Gasteiger partial charge in [-0.2, -0.15) is 0 Å². The first-order valence-electron chi connectivity index (χ1n) is 7.04. The van der Waals surface area contributed by atoms with Gasteiger partial charge in [0.2, 0.25) is 0 Å². The zero-order valence-electron chi connectivity index (χ0n) is 11.4. The minimum Gasteiger partial charge on any atom is -0.382 e. The highest BCUT2D eigenvalue weighted by Crippen LogP contribution is 2.30. The van der Waals surface area contributed by atoms with Gasteiger partial charge in [-0.15, -0.1) is 0 Å². The van der Waals surface area contributed by atoms with Gasteiger partial charge in [0.15, 0.2) is 0 Å². The van der Waals surface area contributed by atoms with Crippen molar-refractivity contribution in [1.29, 1.82) is 0 Å². The van der Waals surface area contributed by atoms with Gasteiger partial charge in [-0.3, -0.25) is 0 Å². The van der Waals surface area contributed by atoms with Crippen LogP contribution in [0, 0.1) is 11.8 Å². The molecule has 0 aromatic heterocycles. The predicted octanol–water partition coefficient (Wildman–Crippen LogP) is 4.49. The maximum atomic E-state index is 3.71. The van der Waals surface area contributed by atoms with Crippen LogP contribution in [-0.4, -0.2) is 6.04 Å². The normalized spacial score (nSPS) is 29.0. The summed E-state index contributed by atoms with van der Waals surface area (Å²) in [5, 5.41) is 3.71. The topological polar surface area (TPSA) is 12.0 Å². The molecule has 1 aliphatic rings. The summed E-state index contributed by atoms with van der Waals surface area (Å²) in [5.74, 6) is 1.68. The second-order valence-corrected chi connectivity index (χ2v) is 5.70. The average molecular weight is 231 g/mol. The molecule has 0 bridgehead atoms. The Bertz CT molecular complexity index is 341. The number of nitrogens with one attached hydrogen (secondary N) is 1. The average Bonchev–Trinajstić information content (AvgIpc) is 2.35. The number of hydrogen-bond acceptors (Lipinski definition) is 1. The number of hydrogen-bond donors (Lipinski definition) is 1. The first kappa shape index (κ1) is 12.5. The van der Waals surface area contributed by atoms with Crippen molar-refractivity contribution in [2.75, 3.05) is 5.32 Å². The number of anilines is 1. The van der Waals surface area contributed by atoms with Crippen LogP contribution in [0.25, 0.3) is 0 Å². The third-order valence-corrected chi connectivity index (χ3v) is 4.17. The SMILES string of the molecule is CCc1ccc(NC2CC(C)CCC2C)cc1. The molecule has 0 aliphatic heterocycles. The van der Waals surface area contributed by atoms with E-state index in [0.717, 1.165) is 18.3 Å². The number of aryl methyl sites for hydroxylation is 1. The zero-order valence-corrected chi connectivity index (χ0v) is 11.4. The summed E-state index contributed by atoms with van der Waals surface area (Å²) in [6, 6.07) is 9.58. The van der Waals surface area contributed by atoms with Crippen LogP contribution in [0.15, 0.2) is 24.3 Å². The van der Waals surface area contributed by atoms with Crippen LogP contribution < -0.4 is 5.32 Å². The second-order valence-electron chi connectivity index (χ2n) is 5.70. The van der Waals surface area contributed by atoms with E-state index in [1.165, 1.54) is 30.5 Å². The summed E-state index contributed by atoms with van der Waals surface area (Å²) >= 11 is 0. The van der Waals surface area contributed by atoms with E-state index in [2.05, 4.69) is 50.4 Å². The number of rotatable bonds is 3. The van der Waals surface area contributed by atoms with E-state index in [1.807, 2.05) is 0 Å². The molecule has 0 radical (unpaired) electrons. The summed E-state index contributed by atoms with van der Waals surface area (Å²) < 4.78 is 0. The van der Waals surface area contributed by atoms with Gasteiger partial charge in [-0.25, -0.2) is 0 Å². The Labute approximate surface area is 106 Å². The van der Waals surface area contributed by atoms with Crippen molar-refractivity contribution in [2.45, 2.75) is 52.5 Å². The molecule has 2 rings (SSSR count). The van der Waals surface area contributed by atoms with Gasteiger partial charge in [-0.05, 0) is 48.8 Å². The Hall–Kier alpha value is -0.980. The predicted molar refractivity (Wildman–Crippen MR) is 75.4 cm³/mol. The van der Waals surface area contributed by atoms with Gasteiger partial charge >= 0.3 is 0 Å². The molecule has 94 valence electrons. The molecule has 0 spiro atoms. The monoisotopic (exact) mass is 231 g/mol. The van der Waals surface area contributed by atoms with E-state index in [4.69, 9.17) is 0 Å². The van der Waals surface area contributed by atoms with Crippen LogP contribution in [0.2, 0.25) is 0 Å². The minimum atomic E-state index is 0.659. The third kappa shape index (κ3) is 3.24. The zero-order chi connectivity index (χ0) is 12.3. The van der Waals surface area contributed by atoms with E-state index in [9.17, 15) is 0 Å². The van der Waals surface area contributed by atoms with Crippen molar-refractivity contribution >= 4 is 5.69 Å². The molecule has 1 aliphatic carbocycles. The quantitative estimate of drug-likeness (QED) is 0.808. The van der Waals surface area contributed by atoms with E-state index in [0.29, 0.717) is 6.04 Å². The maximum Gasteiger partial charge on any atom is 0.0342 e. The molecule has 3 unspecified atom stereocenters. The molecule has 1 heteroatoms. The summed E-state index contributed by atoms with van der Waals surface area (Å²) in [6.07, 6.45) is 5.20.